The smallest absolute Gasteiger partial charge is 0.243 e. The Bertz CT molecular complexity index is 540. The number of hydrogen-bond acceptors (Lipinski definition) is 2. The van der Waals surface area contributed by atoms with Crippen LogP contribution in [0.5, 0.6) is 0 Å². The van der Waals surface area contributed by atoms with Crippen LogP contribution in [0.15, 0.2) is 29.4 Å². The van der Waals surface area contributed by atoms with E-state index in [1.165, 1.54) is 18.3 Å². The van der Waals surface area contributed by atoms with Gasteiger partial charge in [0.15, 0.2) is 0 Å². The van der Waals surface area contributed by atoms with Gasteiger partial charge in [-0.05, 0) is 54.7 Å². The molecule has 3 nitrogen and oxygen atoms in total. The molecule has 0 aliphatic heterocycles. The molecule has 1 aromatic carbocycles. The van der Waals surface area contributed by atoms with Gasteiger partial charge in [0.05, 0.1) is 6.21 Å². The lowest BCUT2D eigenvalue weighted by atomic mass is 9.70. The molecule has 1 aromatic rings. The van der Waals surface area contributed by atoms with Gasteiger partial charge < -0.3 is 0 Å². The summed E-state index contributed by atoms with van der Waals surface area (Å²) in [6, 6.07) is 6.12. The van der Waals surface area contributed by atoms with Crippen LogP contribution in [0.3, 0.4) is 0 Å². The summed E-state index contributed by atoms with van der Waals surface area (Å²) in [6.07, 6.45) is 5.50. The van der Waals surface area contributed by atoms with E-state index in [-0.39, 0.29) is 17.6 Å². The molecule has 1 aliphatic carbocycles. The molecule has 0 spiro atoms. The molecular formula is C18H25FN2O. The lowest BCUT2D eigenvalue weighted by Gasteiger charge is -2.36. The number of amides is 1. The van der Waals surface area contributed by atoms with Crippen molar-refractivity contribution in [2.75, 3.05) is 0 Å². The van der Waals surface area contributed by atoms with Crippen LogP contribution < -0.4 is 5.43 Å². The number of carbonyl (C=O) groups is 1. The Balaban J connectivity index is 1.81. The fourth-order valence-electron chi connectivity index (χ4n) is 3.07. The fraction of sp³-hybridized carbons (Fsp3) is 0.556. The lowest BCUT2D eigenvalue weighted by molar-refractivity contribution is -0.126. The molecule has 0 aromatic heterocycles. The van der Waals surface area contributed by atoms with Crippen molar-refractivity contribution in [3.63, 3.8) is 0 Å². The number of nitrogens with zero attached hydrogens (tertiary/aromatic N) is 1. The van der Waals surface area contributed by atoms with E-state index in [1.54, 1.807) is 12.1 Å². The van der Waals surface area contributed by atoms with Crippen molar-refractivity contribution in [1.29, 1.82) is 0 Å². The van der Waals surface area contributed by atoms with Gasteiger partial charge in [0.2, 0.25) is 5.91 Å². The van der Waals surface area contributed by atoms with Crippen molar-refractivity contribution < 1.29 is 9.18 Å². The zero-order valence-electron chi connectivity index (χ0n) is 13.6. The normalized spacial score (nSPS) is 22.7. The third kappa shape index (κ3) is 4.65. The highest BCUT2D eigenvalue weighted by Gasteiger charge is 2.32. The van der Waals surface area contributed by atoms with E-state index in [0.29, 0.717) is 16.9 Å². The second kappa shape index (κ2) is 7.03. The third-order valence-electron chi connectivity index (χ3n) is 4.56. The molecule has 1 amide bonds. The molecule has 120 valence electrons. The standard InChI is InChI=1S/C18H25FN2O/c1-18(2,3)15-9-7-14(8-10-15)17(22)21-20-12-13-5-4-6-16(19)11-13/h4-6,11-12,14-15H,7-10H2,1-3H3,(H,21,22). The number of halogens is 1. The highest BCUT2D eigenvalue weighted by atomic mass is 19.1. The Morgan fingerprint density at radius 2 is 1.95 bits per heavy atom. The van der Waals surface area contributed by atoms with Gasteiger partial charge >= 0.3 is 0 Å². The van der Waals surface area contributed by atoms with Gasteiger partial charge in [0, 0.05) is 5.92 Å². The largest absolute Gasteiger partial charge is 0.273 e. The number of hydrogen-bond donors (Lipinski definition) is 1. The molecule has 0 radical (unpaired) electrons. The number of rotatable bonds is 3. The Morgan fingerprint density at radius 1 is 1.27 bits per heavy atom. The molecule has 0 unspecified atom stereocenters. The van der Waals surface area contributed by atoms with Gasteiger partial charge in [-0.25, -0.2) is 9.82 Å². The Morgan fingerprint density at radius 3 is 2.55 bits per heavy atom. The lowest BCUT2D eigenvalue weighted by Crippen LogP contribution is -2.33. The summed E-state index contributed by atoms with van der Waals surface area (Å²) in [5.41, 5.74) is 3.53. The maximum atomic E-state index is 13.0. The van der Waals surface area contributed by atoms with Gasteiger partial charge in [0.25, 0.3) is 0 Å². The first kappa shape index (κ1) is 16.7. The van der Waals surface area contributed by atoms with Crippen LogP contribution in [0, 0.1) is 23.1 Å². The highest BCUT2D eigenvalue weighted by molar-refractivity contribution is 5.83. The Kier molecular flexibility index (Phi) is 5.33. The van der Waals surface area contributed by atoms with Crippen molar-refractivity contribution in [1.82, 2.24) is 5.43 Å². The minimum absolute atomic E-state index is 0.0278. The minimum Gasteiger partial charge on any atom is -0.273 e. The van der Waals surface area contributed by atoms with E-state index in [0.717, 1.165) is 25.7 Å². The minimum atomic E-state index is -0.309. The molecule has 1 saturated carbocycles. The molecule has 2 rings (SSSR count). The summed E-state index contributed by atoms with van der Waals surface area (Å²) in [7, 11) is 0. The molecule has 0 atom stereocenters. The van der Waals surface area contributed by atoms with Gasteiger partial charge in [0.1, 0.15) is 5.82 Å². The molecule has 4 heteroatoms. The molecule has 1 fully saturated rings. The maximum absolute atomic E-state index is 13.0. The molecule has 1 aliphatic rings. The van der Waals surface area contributed by atoms with E-state index in [9.17, 15) is 9.18 Å². The first-order chi connectivity index (χ1) is 10.4. The molecule has 1 N–H and O–H groups in total. The first-order valence-corrected chi connectivity index (χ1v) is 7.95. The van der Waals surface area contributed by atoms with Gasteiger partial charge in [-0.3, -0.25) is 4.79 Å². The number of hydrazone groups is 1. The van der Waals surface area contributed by atoms with Crippen LogP contribution in [0.25, 0.3) is 0 Å². The van der Waals surface area contributed by atoms with Gasteiger partial charge in [-0.1, -0.05) is 32.9 Å². The summed E-state index contributed by atoms with van der Waals surface area (Å²) < 4.78 is 13.0. The highest BCUT2D eigenvalue weighted by Crippen LogP contribution is 2.39. The number of benzene rings is 1. The fourth-order valence-corrected chi connectivity index (χ4v) is 3.07. The summed E-state index contributed by atoms with van der Waals surface area (Å²) >= 11 is 0. The quantitative estimate of drug-likeness (QED) is 0.662. The number of nitrogens with one attached hydrogen (secondary N) is 1. The maximum Gasteiger partial charge on any atom is 0.243 e. The Hall–Kier alpha value is -1.71. The summed E-state index contributed by atoms with van der Waals surface area (Å²) in [5.74, 6) is 0.395. The average molecular weight is 304 g/mol. The predicted octanol–water partition coefficient (Wildman–Crippen LogP) is 4.13. The van der Waals surface area contributed by atoms with E-state index in [4.69, 9.17) is 0 Å². The summed E-state index contributed by atoms with van der Waals surface area (Å²) in [6.45, 7) is 6.80. The van der Waals surface area contributed by atoms with Crippen molar-refractivity contribution in [2.24, 2.45) is 22.4 Å². The molecule has 0 saturated heterocycles. The van der Waals surface area contributed by atoms with Crippen LogP contribution in [-0.4, -0.2) is 12.1 Å². The zero-order chi connectivity index (χ0) is 16.2. The van der Waals surface area contributed by atoms with Crippen LogP contribution in [0.1, 0.15) is 52.0 Å². The summed E-state index contributed by atoms with van der Waals surface area (Å²) in [4.78, 5) is 12.1. The monoisotopic (exact) mass is 304 g/mol. The number of carbonyl (C=O) groups excluding carboxylic acids is 1. The summed E-state index contributed by atoms with van der Waals surface area (Å²) in [5, 5.41) is 3.93. The average Bonchev–Trinajstić information content (AvgIpc) is 2.46. The third-order valence-corrected chi connectivity index (χ3v) is 4.56. The van der Waals surface area contributed by atoms with Crippen molar-refractivity contribution in [3.05, 3.63) is 35.6 Å². The SMILES string of the molecule is CC(C)(C)C1CCC(C(=O)NN=Cc2cccc(F)c2)CC1. The van der Waals surface area contributed by atoms with Crippen LogP contribution >= 0.6 is 0 Å². The van der Waals surface area contributed by atoms with Crippen molar-refractivity contribution in [3.8, 4) is 0 Å². The van der Waals surface area contributed by atoms with Crippen LogP contribution in [0.2, 0.25) is 0 Å². The molecule has 0 heterocycles. The zero-order valence-corrected chi connectivity index (χ0v) is 13.6. The van der Waals surface area contributed by atoms with E-state index in [1.807, 2.05) is 0 Å². The van der Waals surface area contributed by atoms with Crippen molar-refractivity contribution >= 4 is 12.1 Å². The van der Waals surface area contributed by atoms with Crippen LogP contribution in [-0.2, 0) is 4.79 Å². The molecule has 22 heavy (non-hydrogen) atoms. The molecule has 0 bridgehead atoms. The van der Waals surface area contributed by atoms with Crippen molar-refractivity contribution in [2.45, 2.75) is 46.5 Å². The van der Waals surface area contributed by atoms with Crippen LogP contribution in [0.4, 0.5) is 4.39 Å². The Labute approximate surface area is 132 Å². The van der Waals surface area contributed by atoms with E-state index < -0.39 is 0 Å². The second-order valence-electron chi connectivity index (χ2n) is 7.20. The topological polar surface area (TPSA) is 41.5 Å². The van der Waals surface area contributed by atoms with E-state index in [2.05, 4.69) is 31.3 Å². The predicted molar refractivity (Wildman–Crippen MR) is 87.0 cm³/mol. The van der Waals surface area contributed by atoms with Gasteiger partial charge in [-0.15, -0.1) is 0 Å². The van der Waals surface area contributed by atoms with Gasteiger partial charge in [-0.2, -0.15) is 5.10 Å². The first-order valence-electron chi connectivity index (χ1n) is 7.95. The van der Waals surface area contributed by atoms with E-state index >= 15 is 0 Å². The second-order valence-corrected chi connectivity index (χ2v) is 7.20. The molecular weight excluding hydrogens is 279 g/mol.